The highest BCUT2D eigenvalue weighted by atomic mass is 19.1. The molecule has 0 aliphatic heterocycles. The Balaban J connectivity index is 1.85. The van der Waals surface area contributed by atoms with E-state index in [4.69, 9.17) is 9.47 Å². The van der Waals surface area contributed by atoms with Gasteiger partial charge in [0.25, 0.3) is 0 Å². The first-order valence-electron chi connectivity index (χ1n) is 11.0. The maximum atomic E-state index is 14.1. The van der Waals surface area contributed by atoms with Crippen molar-refractivity contribution in [3.8, 4) is 17.1 Å². The molecule has 3 aromatic heterocycles. The van der Waals surface area contributed by atoms with Gasteiger partial charge in [-0.05, 0) is 76.6 Å². The number of rotatable bonds is 5. The standard InChI is InChI=1S/C26H27FN4O3/c1-6-33-23-10-9-18(15-29-23)31(25(32)34-26(3,4)5)24-19(8-7-11-28-24)22-13-17-12-16(2)20(27)14-21(17)30-22/h7-15,30H,6H2,1-5H3. The quantitative estimate of drug-likeness (QED) is 0.364. The number of ether oxygens (including phenoxy) is 2. The summed E-state index contributed by atoms with van der Waals surface area (Å²) in [6, 6.07) is 12.2. The Kier molecular flexibility index (Phi) is 6.24. The molecule has 4 rings (SSSR count). The van der Waals surface area contributed by atoms with Crippen molar-refractivity contribution < 1.29 is 18.7 Å². The number of nitrogens with one attached hydrogen (secondary N) is 1. The number of pyridine rings is 2. The van der Waals surface area contributed by atoms with Gasteiger partial charge in [0.1, 0.15) is 11.4 Å². The molecule has 1 aromatic carbocycles. The van der Waals surface area contributed by atoms with Crippen molar-refractivity contribution in [2.45, 2.75) is 40.2 Å². The molecule has 1 amide bonds. The summed E-state index contributed by atoms with van der Waals surface area (Å²) in [4.78, 5) is 26.8. The van der Waals surface area contributed by atoms with Crippen LogP contribution in [0.4, 0.5) is 20.7 Å². The van der Waals surface area contributed by atoms with E-state index in [1.807, 2.05) is 19.1 Å². The van der Waals surface area contributed by atoms with Gasteiger partial charge in [0.15, 0.2) is 5.82 Å². The summed E-state index contributed by atoms with van der Waals surface area (Å²) >= 11 is 0. The Morgan fingerprint density at radius 3 is 2.62 bits per heavy atom. The van der Waals surface area contributed by atoms with E-state index in [1.165, 1.54) is 17.2 Å². The Morgan fingerprint density at radius 1 is 1.15 bits per heavy atom. The van der Waals surface area contributed by atoms with E-state index >= 15 is 0 Å². The van der Waals surface area contributed by atoms with E-state index in [0.717, 1.165) is 5.39 Å². The molecule has 176 valence electrons. The third-order valence-electron chi connectivity index (χ3n) is 5.04. The van der Waals surface area contributed by atoms with E-state index in [1.54, 1.807) is 58.2 Å². The second-order valence-corrected chi connectivity index (χ2v) is 8.85. The molecule has 0 radical (unpaired) electrons. The van der Waals surface area contributed by atoms with Crippen molar-refractivity contribution in [1.82, 2.24) is 15.0 Å². The molecule has 0 saturated carbocycles. The highest BCUT2D eigenvalue weighted by molar-refractivity contribution is 6.00. The molecule has 3 heterocycles. The number of halogens is 1. The monoisotopic (exact) mass is 462 g/mol. The van der Waals surface area contributed by atoms with Gasteiger partial charge in [-0.25, -0.2) is 24.1 Å². The number of aromatic amines is 1. The molecule has 0 fully saturated rings. The number of carbonyl (C=O) groups is 1. The van der Waals surface area contributed by atoms with Gasteiger partial charge in [0.05, 0.1) is 24.2 Å². The summed E-state index contributed by atoms with van der Waals surface area (Å²) in [6.45, 7) is 9.47. The highest BCUT2D eigenvalue weighted by Gasteiger charge is 2.28. The molecule has 0 saturated heterocycles. The summed E-state index contributed by atoms with van der Waals surface area (Å²) in [5.74, 6) is 0.513. The average molecular weight is 463 g/mol. The van der Waals surface area contributed by atoms with E-state index in [-0.39, 0.29) is 5.82 Å². The normalized spacial score (nSPS) is 11.5. The Labute approximate surface area is 197 Å². The summed E-state index contributed by atoms with van der Waals surface area (Å²) in [5, 5.41) is 0.857. The Hall–Kier alpha value is -3.94. The number of carbonyl (C=O) groups excluding carboxylic acids is 1. The van der Waals surface area contributed by atoms with Crippen molar-refractivity contribution in [3.05, 3.63) is 66.2 Å². The lowest BCUT2D eigenvalue weighted by atomic mass is 10.1. The molecule has 0 bridgehead atoms. The van der Waals surface area contributed by atoms with E-state index in [2.05, 4.69) is 15.0 Å². The van der Waals surface area contributed by atoms with Crippen molar-refractivity contribution in [2.24, 2.45) is 0 Å². The minimum absolute atomic E-state index is 0.289. The predicted octanol–water partition coefficient (Wildman–Crippen LogP) is 6.54. The number of anilines is 2. The fourth-order valence-corrected chi connectivity index (χ4v) is 3.56. The molecule has 0 spiro atoms. The lowest BCUT2D eigenvalue weighted by Crippen LogP contribution is -2.34. The molecule has 7 nitrogen and oxygen atoms in total. The van der Waals surface area contributed by atoms with Gasteiger partial charge < -0.3 is 14.5 Å². The van der Waals surface area contributed by atoms with E-state index in [9.17, 15) is 9.18 Å². The van der Waals surface area contributed by atoms with Crippen LogP contribution in [0, 0.1) is 12.7 Å². The zero-order valence-corrected chi connectivity index (χ0v) is 19.8. The summed E-state index contributed by atoms with van der Waals surface area (Å²) in [7, 11) is 0. The minimum Gasteiger partial charge on any atom is -0.478 e. The predicted molar refractivity (Wildman–Crippen MR) is 130 cm³/mol. The fraction of sp³-hybridized carbons (Fsp3) is 0.269. The SMILES string of the molecule is CCOc1ccc(N(C(=O)OC(C)(C)C)c2ncccc2-c2cc3cc(C)c(F)cc3[nH]2)cn1. The first kappa shape index (κ1) is 23.2. The minimum atomic E-state index is -0.723. The summed E-state index contributed by atoms with van der Waals surface area (Å²) < 4.78 is 25.3. The fourth-order valence-electron chi connectivity index (χ4n) is 3.56. The topological polar surface area (TPSA) is 80.3 Å². The van der Waals surface area contributed by atoms with Crippen LogP contribution < -0.4 is 9.64 Å². The number of fused-ring (bicyclic) bond motifs is 1. The summed E-state index contributed by atoms with van der Waals surface area (Å²) in [6.07, 6.45) is 2.54. The van der Waals surface area contributed by atoms with Crippen molar-refractivity contribution >= 4 is 28.5 Å². The first-order valence-corrected chi connectivity index (χ1v) is 11.0. The second kappa shape index (κ2) is 9.13. The lowest BCUT2D eigenvalue weighted by molar-refractivity contribution is 0.0598. The molecule has 0 aliphatic carbocycles. The van der Waals surface area contributed by atoms with Crippen LogP contribution in [0.3, 0.4) is 0 Å². The third kappa shape index (κ3) is 4.85. The molecule has 0 unspecified atom stereocenters. The molecule has 0 aliphatic rings. The Bertz CT molecular complexity index is 1290. The number of nitrogens with zero attached hydrogens (tertiary/aromatic N) is 3. The molecular weight excluding hydrogens is 435 g/mol. The van der Waals surface area contributed by atoms with Gasteiger partial charge in [-0.1, -0.05) is 0 Å². The van der Waals surface area contributed by atoms with Crippen molar-refractivity contribution in [3.63, 3.8) is 0 Å². The van der Waals surface area contributed by atoms with Crippen LogP contribution >= 0.6 is 0 Å². The van der Waals surface area contributed by atoms with Crippen LogP contribution in [0.25, 0.3) is 22.2 Å². The van der Waals surface area contributed by atoms with Gasteiger partial charge in [0, 0.05) is 28.7 Å². The molecule has 4 aromatic rings. The molecule has 34 heavy (non-hydrogen) atoms. The third-order valence-corrected chi connectivity index (χ3v) is 5.04. The number of hydrogen-bond acceptors (Lipinski definition) is 5. The van der Waals surface area contributed by atoms with Gasteiger partial charge in [0.2, 0.25) is 5.88 Å². The number of hydrogen-bond donors (Lipinski definition) is 1. The smallest absolute Gasteiger partial charge is 0.420 e. The number of H-pyrrole nitrogens is 1. The van der Waals surface area contributed by atoms with E-state index < -0.39 is 11.7 Å². The average Bonchev–Trinajstić information content (AvgIpc) is 3.17. The van der Waals surface area contributed by atoms with Crippen LogP contribution in [0.15, 0.2) is 54.9 Å². The van der Waals surface area contributed by atoms with Gasteiger partial charge in [-0.2, -0.15) is 0 Å². The van der Waals surface area contributed by atoms with Gasteiger partial charge in [-0.3, -0.25) is 0 Å². The molecule has 8 heteroatoms. The number of aromatic nitrogens is 3. The van der Waals surface area contributed by atoms with Crippen LogP contribution in [0.1, 0.15) is 33.3 Å². The lowest BCUT2D eigenvalue weighted by Gasteiger charge is -2.27. The van der Waals surface area contributed by atoms with Crippen LogP contribution in [-0.2, 0) is 4.74 Å². The van der Waals surface area contributed by atoms with Crippen LogP contribution in [-0.4, -0.2) is 33.3 Å². The van der Waals surface area contributed by atoms with Crippen LogP contribution in [0.2, 0.25) is 0 Å². The van der Waals surface area contributed by atoms with Crippen molar-refractivity contribution in [2.75, 3.05) is 11.5 Å². The molecule has 1 N–H and O–H groups in total. The Morgan fingerprint density at radius 2 is 1.94 bits per heavy atom. The molecular formula is C26H27FN4O3. The maximum Gasteiger partial charge on any atom is 0.420 e. The maximum absolute atomic E-state index is 14.1. The largest absolute Gasteiger partial charge is 0.478 e. The highest BCUT2D eigenvalue weighted by Crippen LogP contribution is 2.36. The molecule has 0 atom stereocenters. The van der Waals surface area contributed by atoms with Crippen LogP contribution in [0.5, 0.6) is 5.88 Å². The second-order valence-electron chi connectivity index (χ2n) is 8.85. The van der Waals surface area contributed by atoms with Gasteiger partial charge in [-0.15, -0.1) is 0 Å². The number of benzene rings is 1. The summed E-state index contributed by atoms with van der Waals surface area (Å²) in [5.41, 5.74) is 2.29. The van der Waals surface area contributed by atoms with E-state index in [0.29, 0.717) is 46.3 Å². The number of amides is 1. The zero-order chi connectivity index (χ0) is 24.5. The first-order chi connectivity index (χ1) is 16.2. The van der Waals surface area contributed by atoms with Gasteiger partial charge >= 0.3 is 6.09 Å². The number of aryl methyl sites for hydroxylation is 1. The van der Waals surface area contributed by atoms with Crippen molar-refractivity contribution in [1.29, 1.82) is 0 Å². The zero-order valence-electron chi connectivity index (χ0n) is 19.8.